The van der Waals surface area contributed by atoms with Gasteiger partial charge in [-0.15, -0.1) is 0 Å². The Morgan fingerprint density at radius 3 is 2.85 bits per heavy atom. The summed E-state index contributed by atoms with van der Waals surface area (Å²) in [7, 11) is 1.75. The summed E-state index contributed by atoms with van der Waals surface area (Å²) in [6.45, 7) is 3.66. The minimum Gasteiger partial charge on any atom is -0.275 e. The van der Waals surface area contributed by atoms with Gasteiger partial charge in [-0.05, 0) is 19.9 Å². The van der Waals surface area contributed by atoms with Crippen LogP contribution in [0.3, 0.4) is 0 Å². The van der Waals surface area contributed by atoms with E-state index in [0.717, 1.165) is 0 Å². The standard InChI is InChI=1S/C8H13N3O2/c1-6(2)13-10-8(12)7-4-5-11(3)9-7/h4-6H,1-3H3,(H,10,12). The van der Waals surface area contributed by atoms with Crippen molar-refractivity contribution in [3.63, 3.8) is 0 Å². The summed E-state index contributed by atoms with van der Waals surface area (Å²) in [5.74, 6) is -0.325. The number of carbonyl (C=O) groups is 1. The molecule has 0 saturated heterocycles. The molecule has 1 N–H and O–H groups in total. The maximum absolute atomic E-state index is 11.3. The smallest absolute Gasteiger partial charge is 0.275 e. The lowest BCUT2D eigenvalue weighted by molar-refractivity contribution is -0.000172. The Morgan fingerprint density at radius 2 is 2.38 bits per heavy atom. The average molecular weight is 183 g/mol. The zero-order valence-electron chi connectivity index (χ0n) is 7.94. The summed E-state index contributed by atoms with van der Waals surface area (Å²) < 4.78 is 1.56. The summed E-state index contributed by atoms with van der Waals surface area (Å²) in [5, 5.41) is 3.91. The van der Waals surface area contributed by atoms with E-state index in [0.29, 0.717) is 5.69 Å². The van der Waals surface area contributed by atoms with Crippen molar-refractivity contribution in [2.75, 3.05) is 0 Å². The molecule has 1 heterocycles. The average Bonchev–Trinajstić information content (AvgIpc) is 2.47. The Balaban J connectivity index is 2.49. The maximum Gasteiger partial charge on any atom is 0.295 e. The summed E-state index contributed by atoms with van der Waals surface area (Å²) >= 11 is 0. The fraction of sp³-hybridized carbons (Fsp3) is 0.500. The van der Waals surface area contributed by atoms with Crippen LogP contribution in [-0.2, 0) is 11.9 Å². The molecule has 13 heavy (non-hydrogen) atoms. The van der Waals surface area contributed by atoms with Gasteiger partial charge >= 0.3 is 0 Å². The first kappa shape index (κ1) is 9.73. The first-order valence-corrected chi connectivity index (χ1v) is 4.05. The topological polar surface area (TPSA) is 56.1 Å². The first-order valence-electron chi connectivity index (χ1n) is 4.05. The second-order valence-corrected chi connectivity index (χ2v) is 2.97. The number of hydroxylamine groups is 1. The SMILES string of the molecule is CC(C)ONC(=O)c1ccn(C)n1. The Morgan fingerprint density at radius 1 is 1.69 bits per heavy atom. The number of nitrogens with one attached hydrogen (secondary N) is 1. The van der Waals surface area contributed by atoms with Crippen LogP contribution in [0.15, 0.2) is 12.3 Å². The van der Waals surface area contributed by atoms with Crippen molar-refractivity contribution in [2.24, 2.45) is 7.05 Å². The molecule has 1 aromatic rings. The number of hydrogen-bond acceptors (Lipinski definition) is 3. The molecule has 0 aliphatic carbocycles. The summed E-state index contributed by atoms with van der Waals surface area (Å²) in [5.41, 5.74) is 2.65. The van der Waals surface area contributed by atoms with Crippen molar-refractivity contribution in [1.82, 2.24) is 15.3 Å². The van der Waals surface area contributed by atoms with Gasteiger partial charge in [0.25, 0.3) is 5.91 Å². The van der Waals surface area contributed by atoms with Gasteiger partial charge in [0.1, 0.15) is 0 Å². The molecule has 0 aromatic carbocycles. The lowest BCUT2D eigenvalue weighted by Crippen LogP contribution is -2.27. The second kappa shape index (κ2) is 4.04. The molecule has 0 atom stereocenters. The van der Waals surface area contributed by atoms with Gasteiger partial charge in [0, 0.05) is 13.2 Å². The van der Waals surface area contributed by atoms with Gasteiger partial charge in [0.2, 0.25) is 0 Å². The lowest BCUT2D eigenvalue weighted by Gasteiger charge is -2.06. The molecule has 5 nitrogen and oxygen atoms in total. The van der Waals surface area contributed by atoms with Crippen molar-refractivity contribution < 1.29 is 9.63 Å². The van der Waals surface area contributed by atoms with Crippen LogP contribution in [0.25, 0.3) is 0 Å². The van der Waals surface area contributed by atoms with E-state index in [9.17, 15) is 4.79 Å². The third-order valence-electron chi connectivity index (χ3n) is 1.33. The molecular weight excluding hydrogens is 170 g/mol. The number of rotatable bonds is 3. The molecule has 5 heteroatoms. The molecule has 1 rings (SSSR count). The van der Waals surface area contributed by atoms with Gasteiger partial charge in [-0.1, -0.05) is 0 Å². The van der Waals surface area contributed by atoms with Crippen molar-refractivity contribution in [3.05, 3.63) is 18.0 Å². The predicted octanol–water partition coefficient (Wildman–Crippen LogP) is 0.490. The molecule has 0 bridgehead atoms. The fourth-order valence-corrected chi connectivity index (χ4v) is 0.760. The van der Waals surface area contributed by atoms with Crippen LogP contribution in [0.1, 0.15) is 24.3 Å². The molecule has 1 amide bonds. The first-order chi connectivity index (χ1) is 6.09. The molecular formula is C8H13N3O2. The zero-order valence-corrected chi connectivity index (χ0v) is 7.94. The maximum atomic E-state index is 11.3. The van der Waals surface area contributed by atoms with E-state index in [1.807, 2.05) is 13.8 Å². The van der Waals surface area contributed by atoms with Crippen LogP contribution >= 0.6 is 0 Å². The van der Waals surface area contributed by atoms with Gasteiger partial charge in [-0.3, -0.25) is 14.3 Å². The molecule has 0 radical (unpaired) electrons. The van der Waals surface area contributed by atoms with Crippen LogP contribution in [0.2, 0.25) is 0 Å². The normalized spacial score (nSPS) is 10.5. The Hall–Kier alpha value is -1.36. The van der Waals surface area contributed by atoms with E-state index in [1.165, 1.54) is 0 Å². The molecule has 1 aromatic heterocycles. The molecule has 0 spiro atoms. The van der Waals surface area contributed by atoms with Crippen LogP contribution in [-0.4, -0.2) is 21.8 Å². The van der Waals surface area contributed by atoms with Crippen molar-refractivity contribution in [2.45, 2.75) is 20.0 Å². The third kappa shape index (κ3) is 2.87. The number of amides is 1. The van der Waals surface area contributed by atoms with E-state index in [1.54, 1.807) is 24.0 Å². The van der Waals surface area contributed by atoms with Crippen LogP contribution in [0.4, 0.5) is 0 Å². The molecule has 0 saturated carbocycles. The number of aromatic nitrogens is 2. The van der Waals surface area contributed by atoms with E-state index in [4.69, 9.17) is 4.84 Å². The van der Waals surface area contributed by atoms with Crippen molar-refractivity contribution in [3.8, 4) is 0 Å². The Bertz CT molecular complexity index is 293. The van der Waals surface area contributed by atoms with Crippen molar-refractivity contribution >= 4 is 5.91 Å². The van der Waals surface area contributed by atoms with Crippen LogP contribution < -0.4 is 5.48 Å². The van der Waals surface area contributed by atoms with Gasteiger partial charge < -0.3 is 0 Å². The Labute approximate surface area is 76.6 Å². The molecule has 0 aliphatic rings. The zero-order chi connectivity index (χ0) is 9.84. The second-order valence-electron chi connectivity index (χ2n) is 2.97. The van der Waals surface area contributed by atoms with Gasteiger partial charge in [0.05, 0.1) is 6.10 Å². The van der Waals surface area contributed by atoms with E-state index in [-0.39, 0.29) is 12.0 Å². The van der Waals surface area contributed by atoms with Crippen LogP contribution in [0.5, 0.6) is 0 Å². The fourth-order valence-electron chi connectivity index (χ4n) is 0.760. The number of hydrogen-bond donors (Lipinski definition) is 1. The highest BCUT2D eigenvalue weighted by atomic mass is 16.7. The highest BCUT2D eigenvalue weighted by Gasteiger charge is 2.08. The minimum atomic E-state index is -0.325. The lowest BCUT2D eigenvalue weighted by atomic mass is 10.4. The van der Waals surface area contributed by atoms with E-state index in [2.05, 4.69) is 10.6 Å². The van der Waals surface area contributed by atoms with Crippen molar-refractivity contribution in [1.29, 1.82) is 0 Å². The van der Waals surface area contributed by atoms with Gasteiger partial charge in [-0.25, -0.2) is 5.48 Å². The quantitative estimate of drug-likeness (QED) is 0.694. The number of nitrogens with zero attached hydrogens (tertiary/aromatic N) is 2. The number of carbonyl (C=O) groups excluding carboxylic acids is 1. The molecule has 72 valence electrons. The minimum absolute atomic E-state index is 0.0346. The van der Waals surface area contributed by atoms with E-state index < -0.39 is 0 Å². The van der Waals surface area contributed by atoms with Gasteiger partial charge in [0.15, 0.2) is 5.69 Å². The highest BCUT2D eigenvalue weighted by Crippen LogP contribution is 1.94. The number of aryl methyl sites for hydroxylation is 1. The predicted molar refractivity (Wildman–Crippen MR) is 46.9 cm³/mol. The van der Waals surface area contributed by atoms with Gasteiger partial charge in [-0.2, -0.15) is 5.10 Å². The largest absolute Gasteiger partial charge is 0.295 e. The monoisotopic (exact) mass is 183 g/mol. The van der Waals surface area contributed by atoms with E-state index >= 15 is 0 Å². The Kier molecular flexibility index (Phi) is 3.02. The highest BCUT2D eigenvalue weighted by molar-refractivity contribution is 5.91. The third-order valence-corrected chi connectivity index (χ3v) is 1.33. The summed E-state index contributed by atoms with van der Waals surface area (Å²) in [6.07, 6.45) is 1.66. The molecule has 0 fully saturated rings. The van der Waals surface area contributed by atoms with Crippen LogP contribution in [0, 0.1) is 0 Å². The molecule has 0 unspecified atom stereocenters. The molecule has 0 aliphatic heterocycles. The summed E-state index contributed by atoms with van der Waals surface area (Å²) in [6, 6.07) is 1.62. The summed E-state index contributed by atoms with van der Waals surface area (Å²) in [4.78, 5) is 16.2.